The first-order valence-electron chi connectivity index (χ1n) is 4.40. The molecule has 1 N–H and O–H groups in total. The van der Waals surface area contributed by atoms with Gasteiger partial charge in [-0.1, -0.05) is 0 Å². The Bertz CT molecular complexity index is 461. The molecule has 0 atom stereocenters. The van der Waals surface area contributed by atoms with Gasteiger partial charge in [0.15, 0.2) is 0 Å². The van der Waals surface area contributed by atoms with E-state index < -0.39 is 0 Å². The zero-order chi connectivity index (χ0) is 9.97. The summed E-state index contributed by atoms with van der Waals surface area (Å²) in [5.41, 5.74) is 1.03. The number of carbonyl (C=O) groups excluding carboxylic acids is 1. The van der Waals surface area contributed by atoms with Gasteiger partial charge in [-0.3, -0.25) is 9.78 Å². The van der Waals surface area contributed by atoms with E-state index in [4.69, 9.17) is 0 Å². The summed E-state index contributed by atoms with van der Waals surface area (Å²) in [5.74, 6) is -0.000637. The number of nitrogens with zero attached hydrogens (tertiary/aromatic N) is 2. The minimum Gasteiger partial charge on any atom is -0.358 e. The Morgan fingerprint density at radius 3 is 3.21 bits per heavy atom. The molecule has 0 aromatic carbocycles. The van der Waals surface area contributed by atoms with Gasteiger partial charge in [-0.2, -0.15) is 0 Å². The highest BCUT2D eigenvalue weighted by atomic mass is 16.1. The van der Waals surface area contributed by atoms with Crippen LogP contribution in [-0.2, 0) is 11.3 Å². The van der Waals surface area contributed by atoms with Crippen LogP contribution in [0.2, 0.25) is 0 Å². The molecule has 0 unspecified atom stereocenters. The molecule has 0 spiro atoms. The Morgan fingerprint density at radius 1 is 1.57 bits per heavy atom. The summed E-state index contributed by atoms with van der Waals surface area (Å²) >= 11 is 0. The van der Waals surface area contributed by atoms with Gasteiger partial charge in [0.05, 0.1) is 5.52 Å². The van der Waals surface area contributed by atoms with Gasteiger partial charge in [0.2, 0.25) is 5.91 Å². The second-order valence-electron chi connectivity index (χ2n) is 3.05. The maximum Gasteiger partial charge on any atom is 0.239 e. The minimum absolute atomic E-state index is 0.000637. The first kappa shape index (κ1) is 8.74. The maximum atomic E-state index is 11.2. The molecule has 2 rings (SSSR count). The van der Waals surface area contributed by atoms with Crippen LogP contribution < -0.4 is 5.32 Å². The summed E-state index contributed by atoms with van der Waals surface area (Å²) < 4.78 is 1.90. The summed E-state index contributed by atoms with van der Waals surface area (Å²) in [6.07, 6.45) is 5.40. The zero-order valence-corrected chi connectivity index (χ0v) is 7.90. The monoisotopic (exact) mass is 189 g/mol. The van der Waals surface area contributed by atoms with Crippen LogP contribution in [0.3, 0.4) is 0 Å². The van der Waals surface area contributed by atoms with E-state index in [1.54, 1.807) is 19.4 Å². The first-order chi connectivity index (χ1) is 6.81. The Labute approximate surface area is 81.6 Å². The van der Waals surface area contributed by atoms with Crippen molar-refractivity contribution in [1.29, 1.82) is 0 Å². The van der Waals surface area contributed by atoms with Crippen LogP contribution in [0.5, 0.6) is 0 Å². The Kier molecular flexibility index (Phi) is 2.18. The predicted molar refractivity (Wildman–Crippen MR) is 53.8 cm³/mol. The highest BCUT2D eigenvalue weighted by molar-refractivity contribution is 5.82. The highest BCUT2D eigenvalue weighted by Gasteiger charge is 2.03. The molecule has 0 saturated carbocycles. The molecule has 4 nitrogen and oxygen atoms in total. The number of aromatic nitrogens is 2. The number of rotatable bonds is 2. The van der Waals surface area contributed by atoms with Crippen molar-refractivity contribution < 1.29 is 4.79 Å². The van der Waals surface area contributed by atoms with Gasteiger partial charge < -0.3 is 9.88 Å². The van der Waals surface area contributed by atoms with Crippen molar-refractivity contribution in [2.24, 2.45) is 0 Å². The lowest BCUT2D eigenvalue weighted by molar-refractivity contribution is -0.121. The standard InChI is InChI=1S/C10H11N3O/c1-11-10(14)7-13-5-3-8-6-12-4-2-9(8)13/h2-6H,7H2,1H3,(H,11,14). The lowest BCUT2D eigenvalue weighted by Gasteiger charge is -2.03. The number of nitrogens with one attached hydrogen (secondary N) is 1. The van der Waals surface area contributed by atoms with Gasteiger partial charge in [0, 0.05) is 31.0 Å². The summed E-state index contributed by atoms with van der Waals surface area (Å²) in [6, 6.07) is 3.85. The molecule has 0 fully saturated rings. The molecule has 72 valence electrons. The Balaban J connectivity index is 2.38. The molecule has 4 heteroatoms. The molecule has 0 radical (unpaired) electrons. The smallest absolute Gasteiger partial charge is 0.239 e. The maximum absolute atomic E-state index is 11.2. The molecule has 2 heterocycles. The van der Waals surface area contributed by atoms with E-state index in [9.17, 15) is 4.79 Å². The Hall–Kier alpha value is -1.84. The van der Waals surface area contributed by atoms with E-state index in [0.717, 1.165) is 10.9 Å². The molecule has 1 amide bonds. The summed E-state index contributed by atoms with van der Waals surface area (Å²) in [6.45, 7) is 0.351. The molecular formula is C10H11N3O. The third-order valence-electron chi connectivity index (χ3n) is 2.16. The van der Waals surface area contributed by atoms with E-state index in [1.165, 1.54) is 0 Å². The van der Waals surface area contributed by atoms with Crippen LogP contribution in [0, 0.1) is 0 Å². The number of amides is 1. The summed E-state index contributed by atoms with van der Waals surface area (Å²) in [7, 11) is 1.63. The minimum atomic E-state index is -0.000637. The fourth-order valence-electron chi connectivity index (χ4n) is 1.41. The molecule has 2 aromatic rings. The predicted octanol–water partition coefficient (Wildman–Crippen LogP) is 0.782. The summed E-state index contributed by atoms with van der Waals surface area (Å²) in [5, 5.41) is 3.64. The fraction of sp³-hybridized carbons (Fsp3) is 0.200. The average molecular weight is 189 g/mol. The van der Waals surface area contributed by atoms with E-state index in [2.05, 4.69) is 10.3 Å². The lowest BCUT2D eigenvalue weighted by Crippen LogP contribution is -2.22. The number of carbonyl (C=O) groups is 1. The van der Waals surface area contributed by atoms with E-state index in [-0.39, 0.29) is 5.91 Å². The number of hydrogen-bond donors (Lipinski definition) is 1. The molecule has 0 saturated heterocycles. The van der Waals surface area contributed by atoms with Crippen LogP contribution in [-0.4, -0.2) is 22.5 Å². The normalized spacial score (nSPS) is 10.4. The van der Waals surface area contributed by atoms with Crippen molar-refractivity contribution in [3.63, 3.8) is 0 Å². The van der Waals surface area contributed by atoms with Crippen LogP contribution in [0.25, 0.3) is 10.9 Å². The van der Waals surface area contributed by atoms with Crippen LogP contribution in [0.4, 0.5) is 0 Å². The number of fused-ring (bicyclic) bond motifs is 1. The van der Waals surface area contributed by atoms with Gasteiger partial charge in [0.1, 0.15) is 6.54 Å². The quantitative estimate of drug-likeness (QED) is 0.759. The van der Waals surface area contributed by atoms with Crippen molar-refractivity contribution in [2.75, 3.05) is 7.05 Å². The summed E-state index contributed by atoms with van der Waals surface area (Å²) in [4.78, 5) is 15.2. The van der Waals surface area contributed by atoms with Crippen molar-refractivity contribution in [2.45, 2.75) is 6.54 Å². The van der Waals surface area contributed by atoms with Crippen molar-refractivity contribution in [3.8, 4) is 0 Å². The number of pyridine rings is 1. The van der Waals surface area contributed by atoms with Crippen LogP contribution in [0.15, 0.2) is 30.7 Å². The zero-order valence-electron chi connectivity index (χ0n) is 7.90. The average Bonchev–Trinajstić information content (AvgIpc) is 2.62. The number of hydrogen-bond acceptors (Lipinski definition) is 2. The van der Waals surface area contributed by atoms with E-state index >= 15 is 0 Å². The van der Waals surface area contributed by atoms with Gasteiger partial charge in [-0.15, -0.1) is 0 Å². The van der Waals surface area contributed by atoms with Crippen molar-refractivity contribution in [3.05, 3.63) is 30.7 Å². The molecule has 0 bridgehead atoms. The van der Waals surface area contributed by atoms with Gasteiger partial charge in [-0.05, 0) is 12.1 Å². The van der Waals surface area contributed by atoms with Crippen molar-refractivity contribution in [1.82, 2.24) is 14.9 Å². The second kappa shape index (κ2) is 3.49. The van der Waals surface area contributed by atoms with Crippen LogP contribution >= 0.6 is 0 Å². The Morgan fingerprint density at radius 2 is 2.43 bits per heavy atom. The third-order valence-corrected chi connectivity index (χ3v) is 2.16. The first-order valence-corrected chi connectivity index (χ1v) is 4.40. The largest absolute Gasteiger partial charge is 0.358 e. The topological polar surface area (TPSA) is 46.9 Å². The van der Waals surface area contributed by atoms with E-state index in [1.807, 2.05) is 22.9 Å². The molecule has 14 heavy (non-hydrogen) atoms. The molecule has 2 aromatic heterocycles. The SMILES string of the molecule is CNC(=O)Cn1ccc2cnccc21. The van der Waals surface area contributed by atoms with Gasteiger partial charge in [0.25, 0.3) is 0 Å². The number of likely N-dealkylation sites (N-methyl/N-ethyl adjacent to an activating group) is 1. The van der Waals surface area contributed by atoms with Crippen molar-refractivity contribution >= 4 is 16.8 Å². The second-order valence-corrected chi connectivity index (χ2v) is 3.05. The van der Waals surface area contributed by atoms with Gasteiger partial charge in [-0.25, -0.2) is 0 Å². The van der Waals surface area contributed by atoms with E-state index in [0.29, 0.717) is 6.54 Å². The molecule has 0 aliphatic rings. The molecule has 0 aliphatic heterocycles. The fourth-order valence-corrected chi connectivity index (χ4v) is 1.41. The molecule has 0 aliphatic carbocycles. The van der Waals surface area contributed by atoms with Gasteiger partial charge >= 0.3 is 0 Å². The lowest BCUT2D eigenvalue weighted by atomic mass is 10.3. The third kappa shape index (κ3) is 1.46. The highest BCUT2D eigenvalue weighted by Crippen LogP contribution is 2.13. The molecular weight excluding hydrogens is 178 g/mol. The van der Waals surface area contributed by atoms with Crippen LogP contribution in [0.1, 0.15) is 0 Å².